The molecule has 0 spiro atoms. The Hall–Kier alpha value is -1.66. The van der Waals surface area contributed by atoms with Crippen molar-refractivity contribution in [2.75, 3.05) is 12.3 Å². The van der Waals surface area contributed by atoms with Crippen LogP contribution >= 0.6 is 11.3 Å². The van der Waals surface area contributed by atoms with Crippen molar-refractivity contribution >= 4 is 17.3 Å². The number of nitrogens with one attached hydrogen (secondary N) is 1. The van der Waals surface area contributed by atoms with E-state index in [1.165, 1.54) is 5.56 Å². The van der Waals surface area contributed by atoms with E-state index in [2.05, 4.69) is 31.7 Å². The molecule has 0 aliphatic carbocycles. The number of hydrogen-bond acceptors (Lipinski definition) is 5. The second-order valence-electron chi connectivity index (χ2n) is 4.47. The molecule has 0 unspecified atom stereocenters. The Balaban J connectivity index is 1.83. The van der Waals surface area contributed by atoms with Gasteiger partial charge < -0.3 is 5.73 Å². The molecular formula is C12H14N4OS. The van der Waals surface area contributed by atoms with Crippen LogP contribution in [0.3, 0.4) is 0 Å². The molecule has 2 aromatic rings. The molecule has 6 heteroatoms. The Bertz CT molecular complexity index is 605. The first kappa shape index (κ1) is 11.4. The molecular weight excluding hydrogens is 248 g/mol. The molecule has 1 aliphatic rings. The van der Waals surface area contributed by atoms with Gasteiger partial charge >= 0.3 is 0 Å². The predicted octanol–water partition coefficient (Wildman–Crippen LogP) is 0.972. The number of anilines is 1. The second kappa shape index (κ2) is 4.55. The molecule has 0 atom stereocenters. The van der Waals surface area contributed by atoms with Crippen LogP contribution in [-0.2, 0) is 19.5 Å². The highest BCUT2D eigenvalue weighted by Gasteiger charge is 2.20. The Morgan fingerprint density at radius 2 is 2.44 bits per heavy atom. The van der Waals surface area contributed by atoms with Crippen molar-refractivity contribution in [1.82, 2.24) is 14.9 Å². The normalized spacial score (nSPS) is 15.6. The van der Waals surface area contributed by atoms with Gasteiger partial charge in [0.2, 0.25) is 5.95 Å². The standard InChI is InChI=1S/C12H14N4OS/c13-12-14-10-1-3-16(5-8-2-4-18-7-8)6-9(10)11(17)15-12/h2,4,7H,1,3,5-6H2,(H3,13,14,15,17). The van der Waals surface area contributed by atoms with Gasteiger partial charge in [-0.3, -0.25) is 14.7 Å². The Kier molecular flexibility index (Phi) is 2.89. The minimum Gasteiger partial charge on any atom is -0.369 e. The highest BCUT2D eigenvalue weighted by atomic mass is 32.1. The molecule has 0 fully saturated rings. The largest absolute Gasteiger partial charge is 0.369 e. The first-order chi connectivity index (χ1) is 8.72. The van der Waals surface area contributed by atoms with Crippen molar-refractivity contribution in [1.29, 1.82) is 0 Å². The first-order valence-electron chi connectivity index (χ1n) is 5.83. The summed E-state index contributed by atoms with van der Waals surface area (Å²) in [6.45, 7) is 2.44. The van der Waals surface area contributed by atoms with Crippen LogP contribution in [0.2, 0.25) is 0 Å². The average Bonchev–Trinajstić information content (AvgIpc) is 2.83. The first-order valence-corrected chi connectivity index (χ1v) is 6.77. The monoisotopic (exact) mass is 262 g/mol. The van der Waals surface area contributed by atoms with E-state index in [0.717, 1.165) is 30.8 Å². The van der Waals surface area contributed by atoms with Crippen LogP contribution in [0.1, 0.15) is 16.8 Å². The highest BCUT2D eigenvalue weighted by Crippen LogP contribution is 2.17. The van der Waals surface area contributed by atoms with Crippen molar-refractivity contribution in [3.63, 3.8) is 0 Å². The fourth-order valence-electron chi connectivity index (χ4n) is 2.28. The van der Waals surface area contributed by atoms with E-state index in [1.54, 1.807) is 11.3 Å². The van der Waals surface area contributed by atoms with E-state index in [9.17, 15) is 4.79 Å². The summed E-state index contributed by atoms with van der Waals surface area (Å²) in [4.78, 5) is 20.9. The van der Waals surface area contributed by atoms with Gasteiger partial charge in [0, 0.05) is 26.1 Å². The van der Waals surface area contributed by atoms with Crippen LogP contribution in [0.5, 0.6) is 0 Å². The van der Waals surface area contributed by atoms with Crippen molar-refractivity contribution in [3.05, 3.63) is 44.0 Å². The quantitative estimate of drug-likeness (QED) is 0.845. The third kappa shape index (κ3) is 2.16. The molecule has 0 bridgehead atoms. The number of hydrogen-bond donors (Lipinski definition) is 2. The predicted molar refractivity (Wildman–Crippen MR) is 71.4 cm³/mol. The molecule has 2 aromatic heterocycles. The molecule has 94 valence electrons. The lowest BCUT2D eigenvalue weighted by atomic mass is 10.1. The summed E-state index contributed by atoms with van der Waals surface area (Å²) in [6, 6.07) is 2.12. The zero-order valence-corrected chi connectivity index (χ0v) is 10.7. The molecule has 0 radical (unpaired) electrons. The van der Waals surface area contributed by atoms with Gasteiger partial charge in [-0.1, -0.05) is 0 Å². The maximum absolute atomic E-state index is 11.8. The van der Waals surface area contributed by atoms with E-state index in [1.807, 2.05) is 0 Å². The van der Waals surface area contributed by atoms with Gasteiger partial charge in [-0.05, 0) is 22.4 Å². The topological polar surface area (TPSA) is 75.0 Å². The van der Waals surface area contributed by atoms with E-state index < -0.39 is 0 Å². The summed E-state index contributed by atoms with van der Waals surface area (Å²) >= 11 is 1.70. The second-order valence-corrected chi connectivity index (χ2v) is 5.25. The maximum Gasteiger partial charge on any atom is 0.257 e. The zero-order chi connectivity index (χ0) is 12.5. The fraction of sp³-hybridized carbons (Fsp3) is 0.333. The molecule has 3 heterocycles. The number of thiophene rings is 1. The number of nitrogens with zero attached hydrogens (tertiary/aromatic N) is 2. The molecule has 0 aromatic carbocycles. The van der Waals surface area contributed by atoms with E-state index in [-0.39, 0.29) is 11.5 Å². The van der Waals surface area contributed by atoms with Crippen LogP contribution in [0, 0.1) is 0 Å². The highest BCUT2D eigenvalue weighted by molar-refractivity contribution is 7.07. The smallest absolute Gasteiger partial charge is 0.257 e. The summed E-state index contributed by atoms with van der Waals surface area (Å²) in [5.41, 5.74) is 8.34. The zero-order valence-electron chi connectivity index (χ0n) is 9.85. The fourth-order valence-corrected chi connectivity index (χ4v) is 2.94. The van der Waals surface area contributed by atoms with E-state index >= 15 is 0 Å². The molecule has 3 N–H and O–H groups in total. The molecule has 0 saturated heterocycles. The van der Waals surface area contributed by atoms with Crippen LogP contribution < -0.4 is 11.3 Å². The molecule has 0 saturated carbocycles. The van der Waals surface area contributed by atoms with Crippen LogP contribution in [0.4, 0.5) is 5.95 Å². The van der Waals surface area contributed by atoms with Crippen molar-refractivity contribution < 1.29 is 0 Å². The molecule has 18 heavy (non-hydrogen) atoms. The van der Waals surface area contributed by atoms with Gasteiger partial charge in [0.05, 0.1) is 11.3 Å². The Labute approximate surface area is 108 Å². The van der Waals surface area contributed by atoms with Gasteiger partial charge in [0.1, 0.15) is 0 Å². The van der Waals surface area contributed by atoms with Gasteiger partial charge in [0.15, 0.2) is 0 Å². The summed E-state index contributed by atoms with van der Waals surface area (Å²) in [6.07, 6.45) is 0.785. The molecule has 1 aliphatic heterocycles. The molecule has 0 amide bonds. The molecule has 5 nitrogen and oxygen atoms in total. The average molecular weight is 262 g/mol. The SMILES string of the molecule is Nc1nc2c(c(=O)[nH]1)CN(Cc1ccsc1)CC2. The summed E-state index contributed by atoms with van der Waals surface area (Å²) in [7, 11) is 0. The van der Waals surface area contributed by atoms with E-state index in [0.29, 0.717) is 6.54 Å². The number of rotatable bonds is 2. The third-order valence-electron chi connectivity index (χ3n) is 3.15. The number of aromatic nitrogens is 2. The van der Waals surface area contributed by atoms with Crippen molar-refractivity contribution in [2.45, 2.75) is 19.5 Å². The van der Waals surface area contributed by atoms with Crippen LogP contribution in [0.25, 0.3) is 0 Å². The third-order valence-corrected chi connectivity index (χ3v) is 3.88. The van der Waals surface area contributed by atoms with Crippen molar-refractivity contribution in [3.8, 4) is 0 Å². The Morgan fingerprint density at radius 1 is 1.56 bits per heavy atom. The minimum absolute atomic E-state index is 0.104. The van der Waals surface area contributed by atoms with Gasteiger partial charge in [-0.15, -0.1) is 0 Å². The summed E-state index contributed by atoms with van der Waals surface area (Å²) in [5, 5.41) is 4.21. The molecule has 3 rings (SSSR count). The number of nitrogens with two attached hydrogens (primary N) is 1. The Morgan fingerprint density at radius 3 is 3.22 bits per heavy atom. The number of nitrogen functional groups attached to an aromatic ring is 1. The van der Waals surface area contributed by atoms with Crippen LogP contribution in [0.15, 0.2) is 21.6 Å². The number of fused-ring (bicyclic) bond motifs is 1. The lowest BCUT2D eigenvalue weighted by molar-refractivity contribution is 0.242. The maximum atomic E-state index is 11.8. The van der Waals surface area contributed by atoms with Gasteiger partial charge in [0.25, 0.3) is 5.56 Å². The minimum atomic E-state index is -0.104. The lowest BCUT2D eigenvalue weighted by Crippen LogP contribution is -2.35. The van der Waals surface area contributed by atoms with Crippen molar-refractivity contribution in [2.24, 2.45) is 0 Å². The number of aromatic amines is 1. The summed E-state index contributed by atoms with van der Waals surface area (Å²) < 4.78 is 0. The van der Waals surface area contributed by atoms with Gasteiger partial charge in [-0.25, -0.2) is 4.98 Å². The van der Waals surface area contributed by atoms with Crippen LogP contribution in [-0.4, -0.2) is 21.4 Å². The van der Waals surface area contributed by atoms with Gasteiger partial charge in [-0.2, -0.15) is 11.3 Å². The van der Waals surface area contributed by atoms with E-state index in [4.69, 9.17) is 5.73 Å². The lowest BCUT2D eigenvalue weighted by Gasteiger charge is -2.27. The number of H-pyrrole nitrogens is 1. The summed E-state index contributed by atoms with van der Waals surface area (Å²) in [5.74, 6) is 0.213.